The summed E-state index contributed by atoms with van der Waals surface area (Å²) >= 11 is 2.88. The summed E-state index contributed by atoms with van der Waals surface area (Å²) in [6.45, 7) is 0. The van der Waals surface area contributed by atoms with Crippen molar-refractivity contribution < 1.29 is 27.9 Å². The third-order valence-corrected chi connectivity index (χ3v) is 2.73. The van der Waals surface area contributed by atoms with Crippen LogP contribution in [0.1, 0.15) is 26.7 Å². The summed E-state index contributed by atoms with van der Waals surface area (Å²) < 4.78 is 32.0. The van der Waals surface area contributed by atoms with E-state index in [1.165, 1.54) is 0 Å². The van der Waals surface area contributed by atoms with Crippen molar-refractivity contribution in [1.29, 1.82) is 0 Å². The maximum atomic E-state index is 13.6. The van der Waals surface area contributed by atoms with Gasteiger partial charge in [-0.25, -0.2) is 13.6 Å². The number of carbonyl (C=O) groups is 2. The van der Waals surface area contributed by atoms with Crippen LogP contribution in [0.15, 0.2) is 33.2 Å². The molecule has 7 heteroatoms. The number of carboxylic acids is 1. The van der Waals surface area contributed by atoms with Crippen LogP contribution in [0, 0.1) is 11.6 Å². The van der Waals surface area contributed by atoms with Crippen molar-refractivity contribution >= 4 is 27.7 Å². The zero-order valence-corrected chi connectivity index (χ0v) is 10.7. The summed E-state index contributed by atoms with van der Waals surface area (Å²) in [5, 5.41) is 8.64. The molecule has 0 fully saturated rings. The molecular weight excluding hydrogens is 326 g/mol. The minimum absolute atomic E-state index is 0.143. The van der Waals surface area contributed by atoms with Crippen LogP contribution in [0.3, 0.4) is 0 Å². The fourth-order valence-corrected chi connectivity index (χ4v) is 1.86. The lowest BCUT2D eigenvalue weighted by atomic mass is 10.1. The predicted molar refractivity (Wildman–Crippen MR) is 63.2 cm³/mol. The highest BCUT2D eigenvalue weighted by Crippen LogP contribution is 2.23. The third-order valence-electron chi connectivity index (χ3n) is 2.27. The van der Waals surface area contributed by atoms with Gasteiger partial charge in [0.1, 0.15) is 11.6 Å². The second-order valence-electron chi connectivity index (χ2n) is 3.54. The zero-order chi connectivity index (χ0) is 14.2. The molecule has 0 bridgehead atoms. The summed E-state index contributed by atoms with van der Waals surface area (Å²) in [6.07, 6.45) is 0. The van der Waals surface area contributed by atoms with Gasteiger partial charge < -0.3 is 9.52 Å². The number of benzene rings is 1. The second-order valence-corrected chi connectivity index (χ2v) is 4.46. The Morgan fingerprint density at radius 3 is 2.11 bits per heavy atom. The molecule has 1 aromatic carbocycles. The summed E-state index contributed by atoms with van der Waals surface area (Å²) in [5.74, 6) is -5.50. The van der Waals surface area contributed by atoms with Crippen molar-refractivity contribution in [3.63, 3.8) is 0 Å². The Hall–Kier alpha value is -2.02. The maximum Gasteiger partial charge on any atom is 0.371 e. The van der Waals surface area contributed by atoms with Gasteiger partial charge in [0.15, 0.2) is 5.76 Å². The number of halogens is 3. The standard InChI is InChI=1S/C12H5BrF2O4/c13-5-3-6(14)10(7(15)4-5)11(16)8-1-2-9(19-8)12(17)18/h1-4H,(H,17,18). The smallest absolute Gasteiger partial charge is 0.371 e. The van der Waals surface area contributed by atoms with Crippen LogP contribution in [-0.2, 0) is 0 Å². The highest BCUT2D eigenvalue weighted by molar-refractivity contribution is 9.10. The van der Waals surface area contributed by atoms with E-state index in [1.807, 2.05) is 0 Å². The molecule has 2 rings (SSSR count). The van der Waals surface area contributed by atoms with Crippen molar-refractivity contribution in [2.45, 2.75) is 0 Å². The molecule has 0 radical (unpaired) electrons. The molecule has 1 aromatic heterocycles. The van der Waals surface area contributed by atoms with E-state index in [2.05, 4.69) is 15.9 Å². The van der Waals surface area contributed by atoms with E-state index < -0.39 is 40.5 Å². The molecule has 0 atom stereocenters. The van der Waals surface area contributed by atoms with E-state index in [1.54, 1.807) is 0 Å². The Labute approximate surface area is 113 Å². The lowest BCUT2D eigenvalue weighted by molar-refractivity contribution is 0.0660. The molecule has 4 nitrogen and oxygen atoms in total. The zero-order valence-electron chi connectivity index (χ0n) is 9.12. The highest BCUT2D eigenvalue weighted by atomic mass is 79.9. The van der Waals surface area contributed by atoms with Crippen LogP contribution in [-0.4, -0.2) is 16.9 Å². The number of rotatable bonds is 3. The fourth-order valence-electron chi connectivity index (χ4n) is 1.46. The number of aromatic carboxylic acids is 1. The van der Waals surface area contributed by atoms with Crippen molar-refractivity contribution in [3.05, 3.63) is 57.5 Å². The molecule has 0 aliphatic rings. The van der Waals surface area contributed by atoms with Gasteiger partial charge in [0, 0.05) is 4.47 Å². The van der Waals surface area contributed by atoms with Gasteiger partial charge in [0.05, 0.1) is 5.56 Å². The lowest BCUT2D eigenvalue weighted by Crippen LogP contribution is -2.07. The van der Waals surface area contributed by atoms with Crippen LogP contribution < -0.4 is 0 Å². The number of carbonyl (C=O) groups excluding carboxylic acids is 1. The van der Waals surface area contributed by atoms with Crippen LogP contribution in [0.5, 0.6) is 0 Å². The first-order valence-electron chi connectivity index (χ1n) is 4.92. The maximum absolute atomic E-state index is 13.6. The number of hydrogen-bond acceptors (Lipinski definition) is 3. The van der Waals surface area contributed by atoms with Gasteiger partial charge in [0.2, 0.25) is 11.5 Å². The van der Waals surface area contributed by atoms with Crippen LogP contribution >= 0.6 is 15.9 Å². The van der Waals surface area contributed by atoms with Crippen molar-refractivity contribution in [1.82, 2.24) is 0 Å². The van der Waals surface area contributed by atoms with Gasteiger partial charge in [-0.05, 0) is 24.3 Å². The Kier molecular flexibility index (Phi) is 3.48. The highest BCUT2D eigenvalue weighted by Gasteiger charge is 2.23. The van der Waals surface area contributed by atoms with Gasteiger partial charge in [0.25, 0.3) is 0 Å². The van der Waals surface area contributed by atoms with E-state index in [0.717, 1.165) is 24.3 Å². The topological polar surface area (TPSA) is 67.5 Å². The minimum atomic E-state index is -1.38. The Morgan fingerprint density at radius 1 is 1.11 bits per heavy atom. The average Bonchev–Trinajstić information content (AvgIpc) is 2.76. The molecule has 0 saturated carbocycles. The van der Waals surface area contributed by atoms with E-state index in [9.17, 15) is 18.4 Å². The van der Waals surface area contributed by atoms with Crippen molar-refractivity contribution in [2.24, 2.45) is 0 Å². The lowest BCUT2D eigenvalue weighted by Gasteiger charge is -2.02. The van der Waals surface area contributed by atoms with E-state index in [0.29, 0.717) is 0 Å². The first-order valence-corrected chi connectivity index (χ1v) is 5.72. The average molecular weight is 331 g/mol. The SMILES string of the molecule is O=C(O)c1ccc(C(=O)c2c(F)cc(Br)cc2F)o1. The first-order chi connectivity index (χ1) is 8.90. The summed E-state index contributed by atoms with van der Waals surface area (Å²) in [5.41, 5.74) is -0.797. The molecule has 0 unspecified atom stereocenters. The van der Waals surface area contributed by atoms with Gasteiger partial charge >= 0.3 is 5.97 Å². The minimum Gasteiger partial charge on any atom is -0.475 e. The molecule has 98 valence electrons. The quantitative estimate of drug-likeness (QED) is 0.877. The molecule has 19 heavy (non-hydrogen) atoms. The largest absolute Gasteiger partial charge is 0.475 e. The van der Waals surface area contributed by atoms with Gasteiger partial charge in [-0.1, -0.05) is 15.9 Å². The van der Waals surface area contributed by atoms with Gasteiger partial charge in [-0.15, -0.1) is 0 Å². The second kappa shape index (κ2) is 4.93. The number of ketones is 1. The molecule has 0 aliphatic heterocycles. The molecular formula is C12H5BrF2O4. The van der Waals surface area contributed by atoms with Crippen molar-refractivity contribution in [3.8, 4) is 0 Å². The fraction of sp³-hybridized carbons (Fsp3) is 0. The van der Waals surface area contributed by atoms with Crippen molar-refractivity contribution in [2.75, 3.05) is 0 Å². The Bertz CT molecular complexity index is 655. The molecule has 2 aromatic rings. The van der Waals surface area contributed by atoms with E-state index >= 15 is 0 Å². The molecule has 1 heterocycles. The monoisotopic (exact) mass is 330 g/mol. The molecule has 0 aliphatic carbocycles. The normalized spacial score (nSPS) is 10.5. The van der Waals surface area contributed by atoms with Gasteiger partial charge in [-0.2, -0.15) is 0 Å². The summed E-state index contributed by atoms with van der Waals surface area (Å²) in [4.78, 5) is 22.4. The molecule has 0 amide bonds. The third kappa shape index (κ3) is 2.55. The molecule has 0 saturated heterocycles. The Morgan fingerprint density at radius 2 is 1.63 bits per heavy atom. The van der Waals surface area contributed by atoms with Crippen LogP contribution in [0.2, 0.25) is 0 Å². The van der Waals surface area contributed by atoms with Gasteiger partial charge in [-0.3, -0.25) is 4.79 Å². The predicted octanol–water partition coefficient (Wildman–Crippen LogP) is 3.25. The summed E-state index contributed by atoms with van der Waals surface area (Å²) in [7, 11) is 0. The van der Waals surface area contributed by atoms with E-state index in [4.69, 9.17) is 9.52 Å². The van der Waals surface area contributed by atoms with Crippen LogP contribution in [0.4, 0.5) is 8.78 Å². The number of carboxylic acid groups (broad SMARTS) is 1. The Balaban J connectivity index is 2.47. The first kappa shape index (κ1) is 13.4. The summed E-state index contributed by atoms with van der Waals surface area (Å²) in [6, 6.07) is 3.94. The molecule has 1 N–H and O–H groups in total. The van der Waals surface area contributed by atoms with E-state index in [-0.39, 0.29) is 4.47 Å². The molecule has 0 spiro atoms. The van der Waals surface area contributed by atoms with Crippen LogP contribution in [0.25, 0.3) is 0 Å². The number of furan rings is 1. The number of hydrogen-bond donors (Lipinski definition) is 1.